The highest BCUT2D eigenvalue weighted by atomic mass is 16.4. The summed E-state index contributed by atoms with van der Waals surface area (Å²) in [5.74, 6) is 1.06. The molecule has 0 radical (unpaired) electrons. The molecule has 0 saturated carbocycles. The number of hydrogen-bond donors (Lipinski definition) is 2. The molecule has 1 atom stereocenters. The van der Waals surface area contributed by atoms with Crippen LogP contribution in [0.1, 0.15) is 26.2 Å². The Morgan fingerprint density at radius 1 is 1.47 bits per heavy atom. The summed E-state index contributed by atoms with van der Waals surface area (Å²) in [7, 11) is 1.58. The molecule has 2 N–H and O–H groups in total. The highest BCUT2D eigenvalue weighted by Gasteiger charge is 2.16. The second kappa shape index (κ2) is 8.45. The van der Waals surface area contributed by atoms with Crippen LogP contribution in [-0.4, -0.2) is 42.1 Å². The van der Waals surface area contributed by atoms with Gasteiger partial charge in [-0.3, -0.25) is 4.79 Å². The fourth-order valence-corrected chi connectivity index (χ4v) is 1.25. The van der Waals surface area contributed by atoms with Gasteiger partial charge < -0.3 is 15.3 Å². The molecule has 96 valence electrons. The number of nitrogens with one attached hydrogen (secondary N) is 1. The van der Waals surface area contributed by atoms with E-state index in [2.05, 4.69) is 11.2 Å². The summed E-state index contributed by atoms with van der Waals surface area (Å²) in [4.78, 5) is 23.5. The molecule has 0 spiro atoms. The number of carbonyl (C=O) groups is 2. The monoisotopic (exact) mass is 240 g/mol. The fourth-order valence-electron chi connectivity index (χ4n) is 1.25. The van der Waals surface area contributed by atoms with E-state index >= 15 is 0 Å². The third-order valence-corrected chi connectivity index (χ3v) is 2.34. The van der Waals surface area contributed by atoms with E-state index in [9.17, 15) is 9.59 Å². The van der Waals surface area contributed by atoms with Crippen molar-refractivity contribution >= 4 is 12.0 Å². The maximum absolute atomic E-state index is 11.5. The molecule has 0 heterocycles. The molecule has 17 heavy (non-hydrogen) atoms. The normalized spacial score (nSPS) is 11.4. The molecule has 0 aliphatic rings. The van der Waals surface area contributed by atoms with Gasteiger partial charge in [0.2, 0.25) is 0 Å². The van der Waals surface area contributed by atoms with E-state index in [1.165, 1.54) is 4.90 Å². The number of aliphatic carboxylic acids is 1. The smallest absolute Gasteiger partial charge is 0.317 e. The van der Waals surface area contributed by atoms with E-state index in [0.29, 0.717) is 13.0 Å². The van der Waals surface area contributed by atoms with Crippen LogP contribution in [0.2, 0.25) is 0 Å². The number of nitrogens with zero attached hydrogens (tertiary/aromatic N) is 1. The average Bonchev–Trinajstić information content (AvgIpc) is 2.28. The van der Waals surface area contributed by atoms with Crippen molar-refractivity contribution in [2.45, 2.75) is 26.2 Å². The zero-order valence-corrected chi connectivity index (χ0v) is 10.4. The number of terminal acetylenes is 1. The molecule has 0 rings (SSSR count). The lowest BCUT2D eigenvalue weighted by Crippen LogP contribution is -2.41. The first-order valence-electron chi connectivity index (χ1n) is 5.64. The van der Waals surface area contributed by atoms with E-state index in [1.807, 2.05) is 0 Å². The molecular weight excluding hydrogens is 220 g/mol. The first-order valence-corrected chi connectivity index (χ1v) is 5.64. The lowest BCUT2D eigenvalue weighted by Gasteiger charge is -2.19. The summed E-state index contributed by atoms with van der Waals surface area (Å²) in [6, 6.07) is -0.251. The molecular formula is C12H20N2O3. The molecule has 1 unspecified atom stereocenters. The van der Waals surface area contributed by atoms with Crippen LogP contribution >= 0.6 is 0 Å². The molecule has 2 amide bonds. The average molecular weight is 240 g/mol. The van der Waals surface area contributed by atoms with Gasteiger partial charge in [0, 0.05) is 26.6 Å². The Kier molecular flexibility index (Phi) is 7.61. The Balaban J connectivity index is 3.75. The van der Waals surface area contributed by atoms with Crippen molar-refractivity contribution in [3.63, 3.8) is 0 Å². The minimum absolute atomic E-state index is 0.200. The van der Waals surface area contributed by atoms with Gasteiger partial charge in [0.05, 0.1) is 5.92 Å². The number of rotatable bonds is 7. The van der Waals surface area contributed by atoms with Crippen molar-refractivity contribution in [3.05, 3.63) is 0 Å². The molecule has 0 aromatic heterocycles. The Morgan fingerprint density at radius 3 is 2.65 bits per heavy atom. The summed E-state index contributed by atoms with van der Waals surface area (Å²) in [5.41, 5.74) is 0. The fraction of sp³-hybridized carbons (Fsp3) is 0.667. The third kappa shape index (κ3) is 7.23. The Morgan fingerprint density at radius 2 is 2.12 bits per heavy atom. The predicted molar refractivity (Wildman–Crippen MR) is 65.5 cm³/mol. The predicted octanol–water partition coefficient (Wildman–Crippen LogP) is 1.15. The summed E-state index contributed by atoms with van der Waals surface area (Å²) >= 11 is 0. The van der Waals surface area contributed by atoms with Crippen LogP contribution in [0.15, 0.2) is 0 Å². The van der Waals surface area contributed by atoms with E-state index in [-0.39, 0.29) is 12.6 Å². The van der Waals surface area contributed by atoms with E-state index in [0.717, 1.165) is 12.8 Å². The topological polar surface area (TPSA) is 69.6 Å². The van der Waals surface area contributed by atoms with Gasteiger partial charge in [-0.05, 0) is 12.8 Å². The van der Waals surface area contributed by atoms with Crippen LogP contribution in [0.25, 0.3) is 0 Å². The minimum Gasteiger partial charge on any atom is -0.481 e. The van der Waals surface area contributed by atoms with Crippen molar-refractivity contribution < 1.29 is 14.7 Å². The molecule has 0 aliphatic heterocycles. The van der Waals surface area contributed by atoms with Crippen LogP contribution in [-0.2, 0) is 4.79 Å². The number of unbranched alkanes of at least 4 members (excludes halogenated alkanes) is 2. The maximum Gasteiger partial charge on any atom is 0.317 e. The minimum atomic E-state index is -0.904. The number of amides is 2. The van der Waals surface area contributed by atoms with Gasteiger partial charge in [0.15, 0.2) is 0 Å². The second-order valence-electron chi connectivity index (χ2n) is 4.01. The van der Waals surface area contributed by atoms with Gasteiger partial charge >= 0.3 is 12.0 Å². The third-order valence-electron chi connectivity index (χ3n) is 2.34. The SMILES string of the molecule is C#CCCCCNC(=O)N(C)CC(C)C(=O)O. The molecule has 0 bridgehead atoms. The largest absolute Gasteiger partial charge is 0.481 e. The molecule has 0 aliphatic carbocycles. The van der Waals surface area contributed by atoms with Gasteiger partial charge in [-0.1, -0.05) is 6.92 Å². The lowest BCUT2D eigenvalue weighted by atomic mass is 10.2. The van der Waals surface area contributed by atoms with Crippen LogP contribution in [0, 0.1) is 18.3 Å². The summed E-state index contributed by atoms with van der Waals surface area (Å²) in [6.45, 7) is 2.33. The first kappa shape index (κ1) is 15.3. The quantitative estimate of drug-likeness (QED) is 0.518. The Labute approximate surface area is 102 Å². The van der Waals surface area contributed by atoms with Crippen molar-refractivity contribution in [1.29, 1.82) is 0 Å². The van der Waals surface area contributed by atoms with Gasteiger partial charge in [-0.2, -0.15) is 0 Å². The molecule has 0 aromatic carbocycles. The molecule has 5 heteroatoms. The summed E-state index contributed by atoms with van der Waals surface area (Å²) in [5, 5.41) is 11.4. The van der Waals surface area contributed by atoms with E-state index in [1.54, 1.807) is 14.0 Å². The highest BCUT2D eigenvalue weighted by molar-refractivity contribution is 5.75. The number of carboxylic acid groups (broad SMARTS) is 1. The standard InChI is InChI=1S/C12H20N2O3/c1-4-5-6-7-8-13-12(17)14(3)9-10(2)11(15)16/h1,10H,5-9H2,2-3H3,(H,13,17)(H,15,16). The van der Waals surface area contributed by atoms with Gasteiger partial charge in [0.25, 0.3) is 0 Å². The van der Waals surface area contributed by atoms with Gasteiger partial charge in [-0.25, -0.2) is 4.79 Å². The van der Waals surface area contributed by atoms with Crippen LogP contribution in [0.4, 0.5) is 4.79 Å². The lowest BCUT2D eigenvalue weighted by molar-refractivity contribution is -0.141. The zero-order chi connectivity index (χ0) is 13.3. The summed E-state index contributed by atoms with van der Waals surface area (Å²) < 4.78 is 0. The van der Waals surface area contributed by atoms with Gasteiger partial charge in [-0.15, -0.1) is 12.3 Å². The number of carboxylic acids is 1. The highest BCUT2D eigenvalue weighted by Crippen LogP contribution is 1.98. The number of urea groups is 1. The molecule has 0 saturated heterocycles. The first-order chi connectivity index (χ1) is 7.99. The number of hydrogen-bond acceptors (Lipinski definition) is 2. The van der Waals surface area contributed by atoms with E-state index < -0.39 is 11.9 Å². The van der Waals surface area contributed by atoms with E-state index in [4.69, 9.17) is 11.5 Å². The Bertz CT molecular complexity index is 297. The maximum atomic E-state index is 11.5. The van der Waals surface area contributed by atoms with Crippen molar-refractivity contribution in [1.82, 2.24) is 10.2 Å². The van der Waals surface area contributed by atoms with Crippen LogP contribution in [0.5, 0.6) is 0 Å². The van der Waals surface area contributed by atoms with Gasteiger partial charge in [0.1, 0.15) is 0 Å². The summed E-state index contributed by atoms with van der Waals surface area (Å²) in [6.07, 6.45) is 7.52. The Hall–Kier alpha value is -1.70. The van der Waals surface area contributed by atoms with Crippen molar-refractivity contribution in [3.8, 4) is 12.3 Å². The van der Waals surface area contributed by atoms with Crippen molar-refractivity contribution in [2.75, 3.05) is 20.1 Å². The zero-order valence-electron chi connectivity index (χ0n) is 10.4. The van der Waals surface area contributed by atoms with Crippen molar-refractivity contribution in [2.24, 2.45) is 5.92 Å². The molecule has 0 fully saturated rings. The van der Waals surface area contributed by atoms with Crippen LogP contribution in [0.3, 0.4) is 0 Å². The van der Waals surface area contributed by atoms with Crippen LogP contribution < -0.4 is 5.32 Å². The second-order valence-corrected chi connectivity index (χ2v) is 4.01. The molecule has 5 nitrogen and oxygen atoms in total. The molecule has 0 aromatic rings. The number of carbonyl (C=O) groups excluding carboxylic acids is 1.